The molecule has 1 heterocycles. The molecule has 1 aromatic rings. The molecular formula is C12H17ClN3O-. The summed E-state index contributed by atoms with van der Waals surface area (Å²) in [4.78, 5) is 13.6. The van der Waals surface area contributed by atoms with Crippen molar-refractivity contribution in [3.8, 4) is 0 Å². The van der Waals surface area contributed by atoms with Crippen LogP contribution in [0.5, 0.6) is 0 Å². The molecule has 0 bridgehead atoms. The van der Waals surface area contributed by atoms with Gasteiger partial charge in [-0.05, 0) is 5.56 Å². The van der Waals surface area contributed by atoms with Gasteiger partial charge in [0.05, 0.1) is 0 Å². The Morgan fingerprint density at radius 2 is 1.88 bits per heavy atom. The summed E-state index contributed by atoms with van der Waals surface area (Å²) in [6, 6.07) is 9.99. The van der Waals surface area contributed by atoms with E-state index in [-0.39, 0.29) is 18.4 Å². The standard InChI is InChI=1S/C12H17N3O.ClH/c16-12(15-8-6-13-7-9-15)14-10-11-4-2-1-3-5-11;/h1-5,13H,6-10H2,(H,14,16);1H/p-1. The summed E-state index contributed by atoms with van der Waals surface area (Å²) in [5.41, 5.74) is 1.13. The molecule has 0 unspecified atom stereocenters. The second-order valence-corrected chi connectivity index (χ2v) is 3.88. The molecule has 5 heteroatoms. The van der Waals surface area contributed by atoms with E-state index in [1.54, 1.807) is 0 Å². The van der Waals surface area contributed by atoms with Crippen LogP contribution < -0.4 is 23.0 Å². The van der Waals surface area contributed by atoms with Crippen LogP contribution in [0.2, 0.25) is 0 Å². The minimum Gasteiger partial charge on any atom is -1.00 e. The zero-order valence-electron chi connectivity index (χ0n) is 9.66. The van der Waals surface area contributed by atoms with Crippen molar-refractivity contribution in [1.29, 1.82) is 0 Å². The number of rotatable bonds is 2. The van der Waals surface area contributed by atoms with E-state index in [1.165, 1.54) is 0 Å². The first kappa shape index (κ1) is 13.8. The number of amides is 2. The van der Waals surface area contributed by atoms with Crippen molar-refractivity contribution < 1.29 is 17.2 Å². The van der Waals surface area contributed by atoms with E-state index in [0.29, 0.717) is 6.54 Å². The van der Waals surface area contributed by atoms with Gasteiger partial charge in [-0.2, -0.15) is 0 Å². The number of benzene rings is 1. The normalized spacial score (nSPS) is 14.9. The molecular weight excluding hydrogens is 238 g/mol. The van der Waals surface area contributed by atoms with Crippen LogP contribution >= 0.6 is 0 Å². The molecule has 2 rings (SSSR count). The van der Waals surface area contributed by atoms with Crippen molar-refractivity contribution in [3.63, 3.8) is 0 Å². The van der Waals surface area contributed by atoms with Gasteiger partial charge in [-0.15, -0.1) is 0 Å². The van der Waals surface area contributed by atoms with Gasteiger partial charge in [-0.1, -0.05) is 30.3 Å². The lowest BCUT2D eigenvalue weighted by Crippen LogP contribution is -3.00. The number of nitrogens with zero attached hydrogens (tertiary/aromatic N) is 1. The number of nitrogens with one attached hydrogen (secondary N) is 2. The molecule has 4 nitrogen and oxygen atoms in total. The largest absolute Gasteiger partial charge is 1.00 e. The van der Waals surface area contributed by atoms with Gasteiger partial charge in [-0.25, -0.2) is 4.79 Å². The quantitative estimate of drug-likeness (QED) is 0.630. The Balaban J connectivity index is 0.00000144. The lowest BCUT2D eigenvalue weighted by molar-refractivity contribution is -0.00000683. The Bertz CT molecular complexity index is 339. The van der Waals surface area contributed by atoms with Gasteiger partial charge in [0.2, 0.25) is 0 Å². The van der Waals surface area contributed by atoms with Gasteiger partial charge in [-0.3, -0.25) is 0 Å². The third kappa shape index (κ3) is 4.24. The maximum atomic E-state index is 11.8. The molecule has 2 N–H and O–H groups in total. The average molecular weight is 255 g/mol. The molecule has 0 aliphatic carbocycles. The molecule has 0 aromatic heterocycles. The number of carbonyl (C=O) groups is 1. The predicted molar refractivity (Wildman–Crippen MR) is 63.1 cm³/mol. The van der Waals surface area contributed by atoms with Crippen LogP contribution in [0.3, 0.4) is 0 Å². The monoisotopic (exact) mass is 254 g/mol. The molecule has 0 spiro atoms. The third-order valence-electron chi connectivity index (χ3n) is 2.69. The van der Waals surface area contributed by atoms with E-state index in [2.05, 4.69) is 10.6 Å². The topological polar surface area (TPSA) is 44.4 Å². The van der Waals surface area contributed by atoms with E-state index in [1.807, 2.05) is 35.2 Å². The highest BCUT2D eigenvalue weighted by Crippen LogP contribution is 1.99. The number of halogens is 1. The zero-order chi connectivity index (χ0) is 11.2. The van der Waals surface area contributed by atoms with Crippen LogP contribution in [-0.2, 0) is 6.54 Å². The maximum Gasteiger partial charge on any atom is 0.317 e. The lowest BCUT2D eigenvalue weighted by Gasteiger charge is -2.27. The van der Waals surface area contributed by atoms with E-state index >= 15 is 0 Å². The fourth-order valence-corrected chi connectivity index (χ4v) is 1.75. The molecule has 0 saturated carbocycles. The number of piperazine rings is 1. The molecule has 17 heavy (non-hydrogen) atoms. The number of hydrogen-bond donors (Lipinski definition) is 2. The van der Waals surface area contributed by atoms with Crippen molar-refractivity contribution >= 4 is 6.03 Å². The molecule has 1 aliphatic heterocycles. The zero-order valence-corrected chi connectivity index (χ0v) is 10.4. The van der Waals surface area contributed by atoms with Crippen molar-refractivity contribution in [3.05, 3.63) is 35.9 Å². The van der Waals surface area contributed by atoms with Crippen LogP contribution in [0.15, 0.2) is 30.3 Å². The van der Waals surface area contributed by atoms with Gasteiger partial charge >= 0.3 is 6.03 Å². The molecule has 94 valence electrons. The first-order valence-electron chi connectivity index (χ1n) is 5.64. The van der Waals surface area contributed by atoms with E-state index in [4.69, 9.17) is 0 Å². The Kier molecular flexibility index (Phi) is 5.80. The Hall–Kier alpha value is -1.26. The Morgan fingerprint density at radius 3 is 2.53 bits per heavy atom. The van der Waals surface area contributed by atoms with Gasteiger partial charge < -0.3 is 27.9 Å². The lowest BCUT2D eigenvalue weighted by atomic mass is 10.2. The molecule has 1 aromatic carbocycles. The summed E-state index contributed by atoms with van der Waals surface area (Å²) >= 11 is 0. The summed E-state index contributed by atoms with van der Waals surface area (Å²) in [5, 5.41) is 6.15. The van der Waals surface area contributed by atoms with Gasteiger partial charge in [0.25, 0.3) is 0 Å². The highest BCUT2D eigenvalue weighted by molar-refractivity contribution is 5.74. The second kappa shape index (κ2) is 7.14. The summed E-state index contributed by atoms with van der Waals surface area (Å²) in [7, 11) is 0. The van der Waals surface area contributed by atoms with Crippen LogP contribution in [0, 0.1) is 0 Å². The second-order valence-electron chi connectivity index (χ2n) is 3.88. The SMILES string of the molecule is O=C(NCc1ccccc1)N1CCNCC1.[Cl-]. The fourth-order valence-electron chi connectivity index (χ4n) is 1.75. The molecule has 0 radical (unpaired) electrons. The van der Waals surface area contributed by atoms with Crippen LogP contribution in [0.1, 0.15) is 5.56 Å². The van der Waals surface area contributed by atoms with Crippen molar-refractivity contribution in [2.45, 2.75) is 6.54 Å². The van der Waals surface area contributed by atoms with Crippen molar-refractivity contribution in [2.75, 3.05) is 26.2 Å². The number of urea groups is 1. The highest BCUT2D eigenvalue weighted by Gasteiger charge is 2.14. The average Bonchev–Trinajstić information content (AvgIpc) is 2.38. The van der Waals surface area contributed by atoms with Crippen molar-refractivity contribution in [2.24, 2.45) is 0 Å². The predicted octanol–water partition coefficient (Wildman–Crippen LogP) is -2.19. The molecule has 1 saturated heterocycles. The van der Waals surface area contributed by atoms with Gasteiger partial charge in [0, 0.05) is 32.7 Å². The molecule has 1 aliphatic rings. The van der Waals surface area contributed by atoms with Crippen LogP contribution in [0.4, 0.5) is 4.79 Å². The summed E-state index contributed by atoms with van der Waals surface area (Å²) in [5.74, 6) is 0. The minimum atomic E-state index is 0. The number of carbonyl (C=O) groups excluding carboxylic acids is 1. The molecule has 2 amide bonds. The van der Waals surface area contributed by atoms with E-state index in [0.717, 1.165) is 31.7 Å². The van der Waals surface area contributed by atoms with E-state index < -0.39 is 0 Å². The van der Waals surface area contributed by atoms with Gasteiger partial charge in [0.1, 0.15) is 0 Å². The summed E-state index contributed by atoms with van der Waals surface area (Å²) in [6.45, 7) is 3.96. The third-order valence-corrected chi connectivity index (χ3v) is 2.69. The van der Waals surface area contributed by atoms with E-state index in [9.17, 15) is 4.79 Å². The van der Waals surface area contributed by atoms with Crippen molar-refractivity contribution in [1.82, 2.24) is 15.5 Å². The first-order chi connectivity index (χ1) is 7.86. The molecule has 1 fully saturated rings. The Labute approximate surface area is 108 Å². The Morgan fingerprint density at radius 1 is 1.24 bits per heavy atom. The first-order valence-corrected chi connectivity index (χ1v) is 5.64. The van der Waals surface area contributed by atoms with Crippen LogP contribution in [0.25, 0.3) is 0 Å². The maximum absolute atomic E-state index is 11.8. The molecule has 0 atom stereocenters. The highest BCUT2D eigenvalue weighted by atomic mass is 35.5. The van der Waals surface area contributed by atoms with Gasteiger partial charge in [0.15, 0.2) is 0 Å². The fraction of sp³-hybridized carbons (Fsp3) is 0.417. The summed E-state index contributed by atoms with van der Waals surface area (Å²) in [6.07, 6.45) is 0. The minimum absolute atomic E-state index is 0. The number of hydrogen-bond acceptors (Lipinski definition) is 2. The summed E-state index contributed by atoms with van der Waals surface area (Å²) < 4.78 is 0. The van der Waals surface area contributed by atoms with Crippen LogP contribution in [-0.4, -0.2) is 37.1 Å². The smallest absolute Gasteiger partial charge is 0.317 e.